The van der Waals surface area contributed by atoms with Gasteiger partial charge in [-0.05, 0) is 64.2 Å². The number of nitrogens with zero attached hydrogens (tertiary/aromatic N) is 1. The Hall–Kier alpha value is -3.24. The number of rotatable bonds is 6. The second-order valence-corrected chi connectivity index (χ2v) is 10.5. The van der Waals surface area contributed by atoms with Gasteiger partial charge in [0.2, 0.25) is 0 Å². The molecule has 3 aromatic carbocycles. The molecule has 7 nitrogen and oxygen atoms in total. The van der Waals surface area contributed by atoms with Crippen molar-refractivity contribution in [2.24, 2.45) is 0 Å². The Morgan fingerprint density at radius 3 is 2.58 bits per heavy atom. The summed E-state index contributed by atoms with van der Waals surface area (Å²) in [7, 11) is 1.28. The lowest BCUT2D eigenvalue weighted by molar-refractivity contribution is -0.146. The van der Waals surface area contributed by atoms with E-state index in [2.05, 4.69) is 37.2 Å². The predicted molar refractivity (Wildman–Crippen MR) is 146 cm³/mol. The highest BCUT2D eigenvalue weighted by Gasteiger charge is 2.29. The van der Waals surface area contributed by atoms with Crippen molar-refractivity contribution >= 4 is 49.6 Å². The first kappa shape index (κ1) is 27.8. The molecule has 0 spiro atoms. The maximum absolute atomic E-state index is 13.9. The zero-order valence-electron chi connectivity index (χ0n) is 20.5. The SMILES string of the molecule is COC(=O)c1cc(Br)cc2c1OCCN(C(=O)C(=O)NC(CCc1ccccc1)c1ccc(F)c(Br)c1)C2. The van der Waals surface area contributed by atoms with Gasteiger partial charge in [-0.1, -0.05) is 52.3 Å². The number of carbonyl (C=O) groups is 3. The summed E-state index contributed by atoms with van der Waals surface area (Å²) < 4.78 is 25.4. The van der Waals surface area contributed by atoms with Crippen molar-refractivity contribution in [1.29, 1.82) is 0 Å². The van der Waals surface area contributed by atoms with Crippen LogP contribution in [-0.2, 0) is 27.3 Å². The summed E-state index contributed by atoms with van der Waals surface area (Å²) in [5.74, 6) is -2.17. The Labute approximate surface area is 236 Å². The minimum atomic E-state index is -0.782. The molecule has 0 aromatic heterocycles. The molecule has 1 atom stereocenters. The molecule has 0 fully saturated rings. The zero-order valence-corrected chi connectivity index (χ0v) is 23.7. The van der Waals surface area contributed by atoms with Crippen LogP contribution in [-0.4, -0.2) is 42.9 Å². The van der Waals surface area contributed by atoms with Crippen molar-refractivity contribution in [1.82, 2.24) is 10.2 Å². The average molecular weight is 648 g/mol. The molecule has 1 unspecified atom stereocenters. The Balaban J connectivity index is 1.54. The molecule has 198 valence electrons. The molecule has 1 N–H and O–H groups in total. The monoisotopic (exact) mass is 646 g/mol. The number of benzene rings is 3. The molecule has 2 amide bonds. The molecular weight excluding hydrogens is 623 g/mol. The normalized spacial score (nSPS) is 13.5. The number of aryl methyl sites for hydroxylation is 1. The number of hydrogen-bond donors (Lipinski definition) is 1. The predicted octanol–water partition coefficient (Wildman–Crippen LogP) is 5.35. The van der Waals surface area contributed by atoms with Gasteiger partial charge >= 0.3 is 17.8 Å². The zero-order chi connectivity index (χ0) is 27.2. The van der Waals surface area contributed by atoms with Crippen LogP contribution >= 0.6 is 31.9 Å². The Morgan fingerprint density at radius 2 is 1.87 bits per heavy atom. The number of carbonyl (C=O) groups excluding carboxylic acids is 3. The molecular formula is C28H25Br2FN2O5. The highest BCUT2D eigenvalue weighted by molar-refractivity contribution is 9.10. The summed E-state index contributed by atoms with van der Waals surface area (Å²) in [4.78, 5) is 40.1. The van der Waals surface area contributed by atoms with Crippen molar-refractivity contribution in [2.75, 3.05) is 20.3 Å². The van der Waals surface area contributed by atoms with Crippen molar-refractivity contribution in [2.45, 2.75) is 25.4 Å². The summed E-state index contributed by atoms with van der Waals surface area (Å²) >= 11 is 6.59. The van der Waals surface area contributed by atoms with Gasteiger partial charge in [0.1, 0.15) is 23.7 Å². The average Bonchev–Trinajstić information content (AvgIpc) is 3.14. The molecule has 1 heterocycles. The van der Waals surface area contributed by atoms with Crippen LogP contribution in [0.25, 0.3) is 0 Å². The summed E-state index contributed by atoms with van der Waals surface area (Å²) in [5, 5.41) is 2.84. The van der Waals surface area contributed by atoms with E-state index in [4.69, 9.17) is 9.47 Å². The second kappa shape index (κ2) is 12.5. The quantitative estimate of drug-likeness (QED) is 0.288. The lowest BCUT2D eigenvalue weighted by Gasteiger charge is -2.23. The molecule has 38 heavy (non-hydrogen) atoms. The third kappa shape index (κ3) is 6.60. The standard InChI is InChI=1S/C28H25Br2FN2O5/c1-37-28(36)21-15-20(29)13-19-16-33(11-12-38-25(19)21)27(35)26(34)32-24(10-7-17-5-3-2-4-6-17)18-8-9-23(31)22(30)14-18/h2-6,8-9,13-15,24H,7,10-12,16H2,1H3,(H,32,34). The Morgan fingerprint density at radius 1 is 1.11 bits per heavy atom. The molecule has 0 saturated heterocycles. The number of amides is 2. The summed E-state index contributed by atoms with van der Waals surface area (Å²) in [6.07, 6.45) is 1.15. The van der Waals surface area contributed by atoms with Gasteiger partial charge in [0.15, 0.2) is 0 Å². The maximum Gasteiger partial charge on any atom is 0.341 e. The summed E-state index contributed by atoms with van der Waals surface area (Å²) in [5.41, 5.74) is 2.55. The van der Waals surface area contributed by atoms with Crippen LogP contribution in [0.4, 0.5) is 4.39 Å². The van der Waals surface area contributed by atoms with Crippen LogP contribution < -0.4 is 10.1 Å². The van der Waals surface area contributed by atoms with Crippen LogP contribution in [0.2, 0.25) is 0 Å². The van der Waals surface area contributed by atoms with Crippen LogP contribution in [0.1, 0.15) is 39.5 Å². The Kier molecular flexibility index (Phi) is 9.17. The topological polar surface area (TPSA) is 84.9 Å². The van der Waals surface area contributed by atoms with Gasteiger partial charge in [-0.2, -0.15) is 0 Å². The molecule has 10 heteroatoms. The number of fused-ring (bicyclic) bond motifs is 1. The Bertz CT molecular complexity index is 1350. The number of esters is 1. The first-order valence-corrected chi connectivity index (χ1v) is 13.5. The number of nitrogens with one attached hydrogen (secondary N) is 1. The van der Waals surface area contributed by atoms with Gasteiger partial charge in [-0.25, -0.2) is 9.18 Å². The first-order valence-electron chi connectivity index (χ1n) is 11.9. The van der Waals surface area contributed by atoms with E-state index in [9.17, 15) is 18.8 Å². The highest BCUT2D eigenvalue weighted by Crippen LogP contribution is 2.32. The van der Waals surface area contributed by atoms with Gasteiger partial charge in [0, 0.05) is 16.6 Å². The summed E-state index contributed by atoms with van der Waals surface area (Å²) in [6, 6.07) is 17.1. The lowest BCUT2D eigenvalue weighted by atomic mass is 9.98. The fourth-order valence-electron chi connectivity index (χ4n) is 4.29. The fraction of sp³-hybridized carbons (Fsp3) is 0.250. The fourth-order valence-corrected chi connectivity index (χ4v) is 5.19. The van der Waals surface area contributed by atoms with Gasteiger partial charge in [-0.3, -0.25) is 9.59 Å². The van der Waals surface area contributed by atoms with E-state index >= 15 is 0 Å². The molecule has 3 aromatic rings. The van der Waals surface area contributed by atoms with Crippen LogP contribution in [0.5, 0.6) is 5.75 Å². The molecule has 0 aliphatic carbocycles. The van der Waals surface area contributed by atoms with E-state index in [1.807, 2.05) is 30.3 Å². The number of methoxy groups -OCH3 is 1. The van der Waals surface area contributed by atoms with Gasteiger partial charge in [-0.15, -0.1) is 0 Å². The van der Waals surface area contributed by atoms with Gasteiger partial charge < -0.3 is 19.7 Å². The minimum absolute atomic E-state index is 0.0712. The van der Waals surface area contributed by atoms with Crippen LogP contribution in [0.3, 0.4) is 0 Å². The van der Waals surface area contributed by atoms with Gasteiger partial charge in [0.25, 0.3) is 0 Å². The van der Waals surface area contributed by atoms with E-state index in [1.165, 1.54) is 18.1 Å². The molecule has 0 saturated carbocycles. The van der Waals surface area contributed by atoms with Crippen molar-refractivity contribution in [3.05, 3.63) is 97.7 Å². The highest BCUT2D eigenvalue weighted by atomic mass is 79.9. The van der Waals surface area contributed by atoms with Crippen LogP contribution in [0.15, 0.2) is 69.6 Å². The molecule has 0 bridgehead atoms. The largest absolute Gasteiger partial charge is 0.490 e. The van der Waals surface area contributed by atoms with E-state index < -0.39 is 29.6 Å². The van der Waals surface area contributed by atoms with E-state index in [-0.39, 0.29) is 29.7 Å². The van der Waals surface area contributed by atoms with E-state index in [0.717, 1.165) is 5.56 Å². The van der Waals surface area contributed by atoms with Crippen LogP contribution in [0, 0.1) is 5.82 Å². The molecule has 1 aliphatic rings. The minimum Gasteiger partial charge on any atom is -0.490 e. The van der Waals surface area contributed by atoms with Crippen molar-refractivity contribution in [3.8, 4) is 5.75 Å². The number of hydrogen-bond acceptors (Lipinski definition) is 5. The third-order valence-corrected chi connectivity index (χ3v) is 7.27. The second-order valence-electron chi connectivity index (χ2n) is 8.73. The van der Waals surface area contributed by atoms with E-state index in [1.54, 1.807) is 24.3 Å². The maximum atomic E-state index is 13.9. The lowest BCUT2D eigenvalue weighted by Crippen LogP contribution is -2.44. The van der Waals surface area contributed by atoms with Crippen molar-refractivity contribution < 1.29 is 28.2 Å². The third-order valence-electron chi connectivity index (χ3n) is 6.20. The molecule has 4 rings (SSSR count). The summed E-state index contributed by atoms with van der Waals surface area (Å²) in [6.45, 7) is 0.317. The molecule has 1 aliphatic heterocycles. The smallest absolute Gasteiger partial charge is 0.341 e. The number of ether oxygens (including phenoxy) is 2. The van der Waals surface area contributed by atoms with E-state index in [0.29, 0.717) is 34.2 Å². The van der Waals surface area contributed by atoms with Crippen molar-refractivity contribution in [3.63, 3.8) is 0 Å². The number of halogens is 3. The first-order chi connectivity index (χ1) is 18.3. The van der Waals surface area contributed by atoms with Gasteiger partial charge in [0.05, 0.1) is 24.2 Å². The molecule has 0 radical (unpaired) electrons.